The molecule has 0 unspecified atom stereocenters. The van der Waals surface area contributed by atoms with Gasteiger partial charge in [-0.05, 0) is 79.9 Å². The number of hydrogen-bond donors (Lipinski definition) is 0. The van der Waals surface area contributed by atoms with Crippen molar-refractivity contribution in [3.8, 4) is 67.3 Å². The first kappa shape index (κ1) is 31.0. The highest BCUT2D eigenvalue weighted by Gasteiger charge is 2.49. The van der Waals surface area contributed by atoms with Crippen LogP contribution in [0.2, 0.25) is 0 Å². The zero-order valence-corrected chi connectivity index (χ0v) is 30.3. The lowest BCUT2D eigenvalue weighted by Gasteiger charge is -2.35. The molecule has 10 aromatic rings. The molecule has 8 aromatic carbocycles. The lowest BCUT2D eigenvalue weighted by molar-refractivity contribution is 0.669. The molecule has 2 aliphatic carbocycles. The van der Waals surface area contributed by atoms with Crippen LogP contribution in [0.25, 0.3) is 89.2 Å². The van der Waals surface area contributed by atoms with E-state index >= 15 is 0 Å². The van der Waals surface area contributed by atoms with Crippen molar-refractivity contribution >= 4 is 21.9 Å². The van der Waals surface area contributed by atoms with Crippen LogP contribution in [-0.4, -0.2) is 9.97 Å². The minimum absolute atomic E-state index is 0.576. The summed E-state index contributed by atoms with van der Waals surface area (Å²) in [4.78, 5) is 10.7. The SMILES string of the molecule is c1ccc(-c2cc(-c3ccc4c(c3)C3(c5ccccc5-c5ccccc5-4)c4ccccc4-c4ccccc43)nc(-c3cccc4oc5ccccc5c34)n2)cc1. The van der Waals surface area contributed by atoms with E-state index in [-0.39, 0.29) is 0 Å². The van der Waals surface area contributed by atoms with Crippen molar-refractivity contribution in [2.45, 2.75) is 5.41 Å². The maximum atomic E-state index is 6.33. The first-order valence-corrected chi connectivity index (χ1v) is 19.2. The molecular weight excluding hydrogens is 681 g/mol. The highest BCUT2D eigenvalue weighted by Crippen LogP contribution is 2.61. The summed E-state index contributed by atoms with van der Waals surface area (Å²) >= 11 is 0. The lowest BCUT2D eigenvalue weighted by atomic mass is 9.65. The minimum atomic E-state index is -0.576. The predicted molar refractivity (Wildman–Crippen MR) is 227 cm³/mol. The summed E-state index contributed by atoms with van der Waals surface area (Å²) in [5.74, 6) is 0.662. The number of para-hydroxylation sites is 1. The van der Waals surface area contributed by atoms with Gasteiger partial charge in [-0.2, -0.15) is 0 Å². The second kappa shape index (κ2) is 11.8. The molecule has 3 heteroatoms. The van der Waals surface area contributed by atoms with Gasteiger partial charge in [0.25, 0.3) is 0 Å². The number of fused-ring (bicyclic) bond motifs is 15. The molecule has 0 fully saturated rings. The zero-order chi connectivity index (χ0) is 36.8. The number of rotatable bonds is 3. The lowest BCUT2D eigenvalue weighted by Crippen LogP contribution is -2.29. The summed E-state index contributed by atoms with van der Waals surface area (Å²) in [5, 5.41) is 2.07. The van der Waals surface area contributed by atoms with E-state index in [0.29, 0.717) is 5.82 Å². The molecule has 0 atom stereocenters. The molecule has 0 saturated heterocycles. The summed E-state index contributed by atoms with van der Waals surface area (Å²) in [7, 11) is 0. The van der Waals surface area contributed by atoms with Gasteiger partial charge in [-0.1, -0.05) is 170 Å². The largest absolute Gasteiger partial charge is 0.456 e. The average molecular weight is 713 g/mol. The molecule has 12 rings (SSSR count). The third kappa shape index (κ3) is 4.28. The average Bonchev–Trinajstić information content (AvgIpc) is 3.77. The number of aromatic nitrogens is 2. The van der Waals surface area contributed by atoms with E-state index in [1.54, 1.807) is 0 Å². The third-order valence-electron chi connectivity index (χ3n) is 11.9. The fraction of sp³-hybridized carbons (Fsp3) is 0.0189. The monoisotopic (exact) mass is 712 g/mol. The van der Waals surface area contributed by atoms with Gasteiger partial charge < -0.3 is 4.42 Å². The maximum Gasteiger partial charge on any atom is 0.161 e. The predicted octanol–water partition coefficient (Wildman–Crippen LogP) is 13.4. The molecule has 3 nitrogen and oxygen atoms in total. The van der Waals surface area contributed by atoms with E-state index in [0.717, 1.165) is 50.0 Å². The Hall–Kier alpha value is -7.36. The second-order valence-electron chi connectivity index (χ2n) is 14.8. The molecule has 1 spiro atoms. The molecule has 0 amide bonds. The van der Waals surface area contributed by atoms with Crippen molar-refractivity contribution in [1.82, 2.24) is 9.97 Å². The highest BCUT2D eigenvalue weighted by atomic mass is 16.3. The van der Waals surface area contributed by atoms with E-state index in [2.05, 4.69) is 164 Å². The van der Waals surface area contributed by atoms with Crippen molar-refractivity contribution in [3.05, 3.63) is 216 Å². The standard InChI is InChI=1S/C53H32N2O/c1-2-15-33(16-3-1)47-32-48(55-52(54-47)42-23-14-28-50-51(42)41-22-9-13-27-49(41)56-50)34-29-30-40-36-18-5-4-17-35(36)37-19-6-10-24-43(37)53(46(40)31-34)44-25-11-7-20-38(44)39-21-8-12-26-45(39)53/h1-32H. The van der Waals surface area contributed by atoms with E-state index in [9.17, 15) is 0 Å². The summed E-state index contributed by atoms with van der Waals surface area (Å²) < 4.78 is 6.33. The van der Waals surface area contributed by atoms with Gasteiger partial charge in [-0.3, -0.25) is 0 Å². The van der Waals surface area contributed by atoms with Crippen molar-refractivity contribution in [3.63, 3.8) is 0 Å². The van der Waals surface area contributed by atoms with Gasteiger partial charge in [0.05, 0.1) is 16.8 Å². The molecule has 2 heterocycles. The highest BCUT2D eigenvalue weighted by molar-refractivity contribution is 6.12. The Labute approximate surface area is 324 Å². The van der Waals surface area contributed by atoms with Crippen LogP contribution >= 0.6 is 0 Å². The van der Waals surface area contributed by atoms with Gasteiger partial charge in [0, 0.05) is 27.5 Å². The smallest absolute Gasteiger partial charge is 0.161 e. The molecule has 260 valence electrons. The first-order valence-electron chi connectivity index (χ1n) is 19.2. The molecule has 2 aliphatic rings. The Balaban J connectivity index is 1.18. The summed E-state index contributed by atoms with van der Waals surface area (Å²) in [6, 6.07) is 69.8. The Morgan fingerprint density at radius 3 is 1.52 bits per heavy atom. The normalized spacial score (nSPS) is 13.1. The van der Waals surface area contributed by atoms with Gasteiger partial charge in [-0.25, -0.2) is 9.97 Å². The molecule has 0 radical (unpaired) electrons. The van der Waals surface area contributed by atoms with Crippen LogP contribution in [0.4, 0.5) is 0 Å². The van der Waals surface area contributed by atoms with Crippen molar-refractivity contribution < 1.29 is 4.42 Å². The van der Waals surface area contributed by atoms with Crippen LogP contribution in [0.1, 0.15) is 22.3 Å². The molecule has 0 saturated carbocycles. The minimum Gasteiger partial charge on any atom is -0.456 e. The summed E-state index contributed by atoms with van der Waals surface area (Å²) in [5.41, 5.74) is 18.5. The van der Waals surface area contributed by atoms with Crippen LogP contribution in [0, 0.1) is 0 Å². The fourth-order valence-electron chi connectivity index (χ4n) is 9.64. The molecule has 2 aromatic heterocycles. The number of hydrogen-bond acceptors (Lipinski definition) is 3. The van der Waals surface area contributed by atoms with Crippen molar-refractivity contribution in [1.29, 1.82) is 0 Å². The topological polar surface area (TPSA) is 38.9 Å². The van der Waals surface area contributed by atoms with E-state index in [4.69, 9.17) is 14.4 Å². The Bertz CT molecular complexity index is 3170. The van der Waals surface area contributed by atoms with Gasteiger partial charge in [0.15, 0.2) is 5.82 Å². The number of benzene rings is 8. The summed E-state index contributed by atoms with van der Waals surface area (Å²) in [6.07, 6.45) is 0. The van der Waals surface area contributed by atoms with E-state index < -0.39 is 5.41 Å². The van der Waals surface area contributed by atoms with Crippen LogP contribution in [0.5, 0.6) is 0 Å². The van der Waals surface area contributed by atoms with Gasteiger partial charge in [0.1, 0.15) is 11.2 Å². The van der Waals surface area contributed by atoms with Crippen LogP contribution in [-0.2, 0) is 5.41 Å². The third-order valence-corrected chi connectivity index (χ3v) is 11.9. The maximum absolute atomic E-state index is 6.33. The zero-order valence-electron chi connectivity index (χ0n) is 30.3. The molecule has 0 bridgehead atoms. The van der Waals surface area contributed by atoms with Crippen LogP contribution in [0.15, 0.2) is 199 Å². The summed E-state index contributed by atoms with van der Waals surface area (Å²) in [6.45, 7) is 0. The van der Waals surface area contributed by atoms with Crippen molar-refractivity contribution in [2.24, 2.45) is 0 Å². The fourth-order valence-corrected chi connectivity index (χ4v) is 9.64. The van der Waals surface area contributed by atoms with Crippen LogP contribution < -0.4 is 0 Å². The molecule has 0 aliphatic heterocycles. The van der Waals surface area contributed by atoms with Gasteiger partial charge in [0.2, 0.25) is 0 Å². The molecular formula is C53H32N2O. The Kier molecular flexibility index (Phi) is 6.55. The van der Waals surface area contributed by atoms with Gasteiger partial charge >= 0.3 is 0 Å². The molecule has 0 N–H and O–H groups in total. The second-order valence-corrected chi connectivity index (χ2v) is 14.8. The molecule has 56 heavy (non-hydrogen) atoms. The first-order chi connectivity index (χ1) is 27.8. The van der Waals surface area contributed by atoms with E-state index in [1.165, 1.54) is 55.6 Å². The number of furan rings is 1. The van der Waals surface area contributed by atoms with Crippen LogP contribution in [0.3, 0.4) is 0 Å². The number of nitrogens with zero attached hydrogens (tertiary/aromatic N) is 2. The Morgan fingerprint density at radius 2 is 0.839 bits per heavy atom. The van der Waals surface area contributed by atoms with E-state index in [1.807, 2.05) is 30.3 Å². The quantitative estimate of drug-likeness (QED) is 0.183. The van der Waals surface area contributed by atoms with Crippen molar-refractivity contribution in [2.75, 3.05) is 0 Å². The van der Waals surface area contributed by atoms with Gasteiger partial charge in [-0.15, -0.1) is 0 Å². The Morgan fingerprint density at radius 1 is 0.339 bits per heavy atom.